The number of rotatable bonds is 13. The second-order valence-electron chi connectivity index (χ2n) is 8.84. The smallest absolute Gasteiger partial charge is 0.408 e. The van der Waals surface area contributed by atoms with Crippen LogP contribution in [0, 0.1) is 0 Å². The Morgan fingerprint density at radius 1 is 1.21 bits per heavy atom. The van der Waals surface area contributed by atoms with Crippen LogP contribution in [-0.4, -0.2) is 76.4 Å². The third-order valence-corrected chi connectivity index (χ3v) is 5.49. The Hall–Kier alpha value is -2.46. The van der Waals surface area contributed by atoms with Gasteiger partial charge in [0.05, 0.1) is 6.61 Å². The molecule has 1 rings (SSSR count). The van der Waals surface area contributed by atoms with E-state index in [1.165, 1.54) is 22.7 Å². The number of carbonyl (C=O) groups is 3. The summed E-state index contributed by atoms with van der Waals surface area (Å²) in [6.45, 7) is 7.00. The van der Waals surface area contributed by atoms with E-state index in [0.29, 0.717) is 18.7 Å². The number of alkyl carbamates (subject to hydrolysis) is 1. The van der Waals surface area contributed by atoms with Gasteiger partial charge in [0, 0.05) is 18.7 Å². The van der Waals surface area contributed by atoms with Gasteiger partial charge in [0.1, 0.15) is 23.4 Å². The fourth-order valence-corrected chi connectivity index (χ4v) is 3.74. The second kappa shape index (κ2) is 14.7. The van der Waals surface area contributed by atoms with Crippen molar-refractivity contribution in [3.8, 4) is 5.75 Å². The van der Waals surface area contributed by atoms with Gasteiger partial charge in [-0.3, -0.25) is 9.59 Å². The Morgan fingerprint density at radius 2 is 1.88 bits per heavy atom. The number of aromatic hydroxyl groups is 1. The maximum Gasteiger partial charge on any atom is 0.408 e. The van der Waals surface area contributed by atoms with E-state index in [2.05, 4.69) is 10.6 Å². The molecule has 0 aliphatic rings. The van der Waals surface area contributed by atoms with E-state index < -0.39 is 42.2 Å². The summed E-state index contributed by atoms with van der Waals surface area (Å²) in [6, 6.07) is 4.12. The molecule has 1 aromatic carbocycles. The molecule has 0 fully saturated rings. The number of carbonyl (C=O) groups excluding carboxylic acids is 3. The van der Waals surface area contributed by atoms with Crippen LogP contribution in [0.25, 0.3) is 0 Å². The lowest BCUT2D eigenvalue weighted by atomic mass is 10.0. The Balaban J connectivity index is 3.35. The van der Waals surface area contributed by atoms with E-state index >= 15 is 0 Å². The van der Waals surface area contributed by atoms with Gasteiger partial charge in [-0.1, -0.05) is 31.5 Å². The fraction of sp³-hybridized carbons (Fsp3) is 0.625. The lowest BCUT2D eigenvalue weighted by Crippen LogP contribution is -2.54. The number of nitrogens with one attached hydrogen (secondary N) is 2. The molecule has 34 heavy (non-hydrogen) atoms. The zero-order valence-corrected chi connectivity index (χ0v) is 21.6. The number of phenolic OH excluding ortho intramolecular Hbond substituents is 1. The minimum absolute atomic E-state index is 0.144. The molecule has 192 valence electrons. The molecule has 0 aliphatic heterocycles. The van der Waals surface area contributed by atoms with Crippen LogP contribution >= 0.6 is 11.8 Å². The van der Waals surface area contributed by atoms with Crippen molar-refractivity contribution in [2.45, 2.75) is 64.6 Å². The summed E-state index contributed by atoms with van der Waals surface area (Å²) >= 11 is 1.51. The number of para-hydroxylation sites is 1. The van der Waals surface area contributed by atoms with Crippen molar-refractivity contribution in [1.29, 1.82) is 0 Å². The molecule has 0 heterocycles. The number of aliphatic hydroxyl groups excluding tert-OH is 1. The molecular formula is C24H39N3O6S. The van der Waals surface area contributed by atoms with Crippen molar-refractivity contribution in [2.24, 2.45) is 0 Å². The molecule has 0 aromatic heterocycles. The summed E-state index contributed by atoms with van der Waals surface area (Å²) in [4.78, 5) is 40.5. The second-order valence-corrected chi connectivity index (χ2v) is 9.83. The number of ether oxygens (including phenoxy) is 1. The van der Waals surface area contributed by atoms with E-state index in [1.807, 2.05) is 13.2 Å². The molecule has 0 spiro atoms. The third-order valence-electron chi connectivity index (χ3n) is 4.84. The lowest BCUT2D eigenvalue weighted by Gasteiger charge is -2.34. The van der Waals surface area contributed by atoms with Crippen LogP contribution in [0.3, 0.4) is 0 Å². The summed E-state index contributed by atoms with van der Waals surface area (Å²) in [5, 5.41) is 25.6. The topological polar surface area (TPSA) is 128 Å². The van der Waals surface area contributed by atoms with Crippen LogP contribution in [0.2, 0.25) is 0 Å². The number of aliphatic hydroxyl groups is 1. The first-order valence-corrected chi connectivity index (χ1v) is 12.9. The van der Waals surface area contributed by atoms with Gasteiger partial charge < -0.3 is 30.5 Å². The molecule has 0 saturated carbocycles. The van der Waals surface area contributed by atoms with Gasteiger partial charge in [-0.2, -0.15) is 11.8 Å². The molecule has 0 bridgehead atoms. The number of amides is 3. The van der Waals surface area contributed by atoms with Crippen molar-refractivity contribution < 1.29 is 29.3 Å². The molecule has 0 aliphatic carbocycles. The first-order valence-electron chi connectivity index (χ1n) is 11.5. The Labute approximate surface area is 206 Å². The molecule has 2 unspecified atom stereocenters. The Kier molecular flexibility index (Phi) is 12.8. The predicted octanol–water partition coefficient (Wildman–Crippen LogP) is 2.82. The number of phenols is 1. The fourth-order valence-electron chi connectivity index (χ4n) is 3.27. The molecule has 2 atom stereocenters. The average Bonchev–Trinajstić information content (AvgIpc) is 2.76. The molecule has 0 saturated heterocycles. The zero-order chi connectivity index (χ0) is 25.7. The normalized spacial score (nSPS) is 13.0. The van der Waals surface area contributed by atoms with Crippen LogP contribution in [0.4, 0.5) is 4.79 Å². The van der Waals surface area contributed by atoms with Crippen LogP contribution in [0.1, 0.15) is 58.6 Å². The summed E-state index contributed by atoms with van der Waals surface area (Å²) in [5.74, 6) is -0.594. The van der Waals surface area contributed by atoms with Gasteiger partial charge in [0.15, 0.2) is 0 Å². The van der Waals surface area contributed by atoms with Crippen LogP contribution in [0.5, 0.6) is 5.75 Å². The Morgan fingerprint density at radius 3 is 2.44 bits per heavy atom. The highest BCUT2D eigenvalue weighted by atomic mass is 32.2. The van der Waals surface area contributed by atoms with Gasteiger partial charge in [0.2, 0.25) is 11.8 Å². The number of nitrogens with zero attached hydrogens (tertiary/aromatic N) is 1. The molecular weight excluding hydrogens is 458 g/mol. The predicted molar refractivity (Wildman–Crippen MR) is 134 cm³/mol. The summed E-state index contributed by atoms with van der Waals surface area (Å²) < 4.78 is 5.32. The molecule has 10 heteroatoms. The first kappa shape index (κ1) is 29.6. The van der Waals surface area contributed by atoms with Gasteiger partial charge in [-0.25, -0.2) is 4.79 Å². The first-order chi connectivity index (χ1) is 16.1. The highest BCUT2D eigenvalue weighted by Gasteiger charge is 2.36. The molecule has 9 nitrogen and oxygen atoms in total. The SMILES string of the molecule is CCCCNC(=O)C(c1ccccc1O)N(CCO)C(=O)C(CCSC)NC(=O)OC(C)(C)C. The highest BCUT2D eigenvalue weighted by molar-refractivity contribution is 7.98. The van der Waals surface area contributed by atoms with Crippen molar-refractivity contribution in [3.63, 3.8) is 0 Å². The third kappa shape index (κ3) is 9.80. The minimum Gasteiger partial charge on any atom is -0.508 e. The number of benzene rings is 1. The van der Waals surface area contributed by atoms with Crippen LogP contribution < -0.4 is 10.6 Å². The zero-order valence-electron chi connectivity index (χ0n) is 20.8. The van der Waals surface area contributed by atoms with Crippen LogP contribution in [0.15, 0.2) is 24.3 Å². The van der Waals surface area contributed by atoms with Gasteiger partial charge in [0.25, 0.3) is 0 Å². The van der Waals surface area contributed by atoms with Crippen molar-refractivity contribution >= 4 is 29.7 Å². The van der Waals surface area contributed by atoms with E-state index in [4.69, 9.17) is 4.74 Å². The van der Waals surface area contributed by atoms with E-state index in [-0.39, 0.29) is 17.9 Å². The van der Waals surface area contributed by atoms with Gasteiger partial charge in [-0.15, -0.1) is 0 Å². The molecule has 1 aromatic rings. The van der Waals surface area contributed by atoms with Crippen molar-refractivity contribution in [2.75, 3.05) is 31.7 Å². The largest absolute Gasteiger partial charge is 0.508 e. The maximum atomic E-state index is 13.7. The minimum atomic E-state index is -1.19. The summed E-state index contributed by atoms with van der Waals surface area (Å²) in [5.41, 5.74) is -0.515. The summed E-state index contributed by atoms with van der Waals surface area (Å²) in [6.07, 6.45) is 3.06. The molecule has 3 amide bonds. The quantitative estimate of drug-likeness (QED) is 0.309. The molecule has 4 N–H and O–H groups in total. The van der Waals surface area contributed by atoms with E-state index in [9.17, 15) is 24.6 Å². The highest BCUT2D eigenvalue weighted by Crippen LogP contribution is 2.30. The summed E-state index contributed by atoms with van der Waals surface area (Å²) in [7, 11) is 0. The lowest BCUT2D eigenvalue weighted by molar-refractivity contribution is -0.143. The van der Waals surface area contributed by atoms with Gasteiger partial charge >= 0.3 is 6.09 Å². The number of hydrogen-bond donors (Lipinski definition) is 4. The Bertz CT molecular complexity index is 799. The molecule has 0 radical (unpaired) electrons. The van der Waals surface area contributed by atoms with Crippen LogP contribution in [-0.2, 0) is 14.3 Å². The average molecular weight is 498 g/mol. The van der Waals surface area contributed by atoms with E-state index in [0.717, 1.165) is 12.8 Å². The monoisotopic (exact) mass is 497 g/mol. The van der Waals surface area contributed by atoms with Crippen molar-refractivity contribution in [1.82, 2.24) is 15.5 Å². The van der Waals surface area contributed by atoms with E-state index in [1.54, 1.807) is 39.0 Å². The standard InChI is InChI=1S/C24H39N3O6S/c1-6-7-13-25-21(30)20(17-10-8-9-11-19(17)29)27(14-15-28)22(31)18(12-16-34-5)26-23(32)33-24(2,3)4/h8-11,18,20,28-29H,6-7,12-16H2,1-5H3,(H,25,30)(H,26,32). The van der Waals surface area contributed by atoms with Gasteiger partial charge in [-0.05, 0) is 51.7 Å². The number of thioether (sulfide) groups is 1. The van der Waals surface area contributed by atoms with Crippen molar-refractivity contribution in [3.05, 3.63) is 29.8 Å². The maximum absolute atomic E-state index is 13.7. The number of hydrogen-bond acceptors (Lipinski definition) is 7. The number of unbranched alkanes of at least 4 members (excludes halogenated alkanes) is 1.